The van der Waals surface area contributed by atoms with Crippen LogP contribution >= 0.6 is 0 Å². The molecule has 0 unspecified atom stereocenters. The van der Waals surface area contributed by atoms with Gasteiger partial charge in [-0.2, -0.15) is 0 Å². The molecule has 138 valence electrons. The topological polar surface area (TPSA) is 61.9 Å². The molecule has 6 nitrogen and oxygen atoms in total. The molecule has 0 atom stereocenters. The SMILES string of the molecule is COc1ccc(CCC(=O)N2CCN(C(=O)NC(C)(C)C)CC2)cc1. The van der Waals surface area contributed by atoms with Crippen molar-refractivity contribution in [3.63, 3.8) is 0 Å². The summed E-state index contributed by atoms with van der Waals surface area (Å²) in [4.78, 5) is 28.2. The predicted octanol–water partition coefficient (Wildman–Crippen LogP) is 2.28. The Bertz CT molecular complexity index is 585. The molecule has 1 saturated heterocycles. The summed E-state index contributed by atoms with van der Waals surface area (Å²) in [7, 11) is 1.64. The molecule has 1 aromatic rings. The quantitative estimate of drug-likeness (QED) is 0.909. The summed E-state index contributed by atoms with van der Waals surface area (Å²) < 4.78 is 5.14. The van der Waals surface area contributed by atoms with E-state index in [-0.39, 0.29) is 17.5 Å². The molecule has 0 spiro atoms. The molecule has 1 aliphatic heterocycles. The molecular weight excluding hydrogens is 318 g/mol. The zero-order valence-electron chi connectivity index (χ0n) is 15.7. The number of ether oxygens (including phenoxy) is 1. The van der Waals surface area contributed by atoms with Crippen LogP contribution in [0.25, 0.3) is 0 Å². The van der Waals surface area contributed by atoms with E-state index < -0.39 is 0 Å². The fourth-order valence-corrected chi connectivity index (χ4v) is 2.76. The van der Waals surface area contributed by atoms with Gasteiger partial charge >= 0.3 is 6.03 Å². The maximum atomic E-state index is 12.4. The van der Waals surface area contributed by atoms with Gasteiger partial charge in [-0.25, -0.2) is 4.79 Å². The summed E-state index contributed by atoms with van der Waals surface area (Å²) in [6.45, 7) is 8.24. The Balaban J connectivity index is 1.76. The number of aryl methyl sites for hydroxylation is 1. The number of methoxy groups -OCH3 is 1. The van der Waals surface area contributed by atoms with E-state index in [1.165, 1.54) is 0 Å². The van der Waals surface area contributed by atoms with Crippen molar-refractivity contribution in [2.24, 2.45) is 0 Å². The molecule has 6 heteroatoms. The number of rotatable bonds is 4. The van der Waals surface area contributed by atoms with Crippen molar-refractivity contribution in [3.05, 3.63) is 29.8 Å². The molecule has 0 aliphatic carbocycles. The van der Waals surface area contributed by atoms with Gasteiger partial charge in [0, 0.05) is 38.1 Å². The molecule has 3 amide bonds. The Hall–Kier alpha value is -2.24. The average Bonchev–Trinajstić information content (AvgIpc) is 2.58. The highest BCUT2D eigenvalue weighted by molar-refractivity contribution is 5.78. The monoisotopic (exact) mass is 347 g/mol. The molecule has 0 radical (unpaired) electrons. The van der Waals surface area contributed by atoms with Crippen molar-refractivity contribution < 1.29 is 14.3 Å². The fourth-order valence-electron chi connectivity index (χ4n) is 2.76. The normalized spacial score (nSPS) is 15.0. The Kier molecular flexibility index (Phi) is 6.28. The second kappa shape index (κ2) is 8.23. The largest absolute Gasteiger partial charge is 0.497 e. The zero-order valence-corrected chi connectivity index (χ0v) is 15.7. The standard InChI is InChI=1S/C19H29N3O3/c1-19(2,3)20-18(24)22-13-11-21(12-14-22)17(23)10-7-15-5-8-16(25-4)9-6-15/h5-6,8-9H,7,10-14H2,1-4H3,(H,20,24). The lowest BCUT2D eigenvalue weighted by atomic mass is 10.1. The predicted molar refractivity (Wildman–Crippen MR) is 97.8 cm³/mol. The Morgan fingerprint density at radius 2 is 1.60 bits per heavy atom. The lowest BCUT2D eigenvalue weighted by molar-refractivity contribution is -0.132. The molecule has 1 aromatic carbocycles. The number of hydrogen-bond acceptors (Lipinski definition) is 3. The number of urea groups is 1. The Labute approximate surface area is 150 Å². The van der Waals surface area contributed by atoms with Crippen LogP contribution in [0.2, 0.25) is 0 Å². The second-order valence-corrected chi connectivity index (χ2v) is 7.40. The van der Waals surface area contributed by atoms with Crippen molar-refractivity contribution in [2.45, 2.75) is 39.2 Å². The van der Waals surface area contributed by atoms with Gasteiger partial charge in [-0.05, 0) is 44.9 Å². The summed E-state index contributed by atoms with van der Waals surface area (Å²) >= 11 is 0. The molecule has 0 saturated carbocycles. The van der Waals surface area contributed by atoms with Gasteiger partial charge in [0.1, 0.15) is 5.75 Å². The van der Waals surface area contributed by atoms with E-state index in [0.717, 1.165) is 11.3 Å². The highest BCUT2D eigenvalue weighted by atomic mass is 16.5. The summed E-state index contributed by atoms with van der Waals surface area (Å²) in [6.07, 6.45) is 1.20. The highest BCUT2D eigenvalue weighted by Crippen LogP contribution is 2.14. The lowest BCUT2D eigenvalue weighted by Gasteiger charge is -2.36. The fraction of sp³-hybridized carbons (Fsp3) is 0.579. The van der Waals surface area contributed by atoms with Crippen LogP contribution < -0.4 is 10.1 Å². The zero-order chi connectivity index (χ0) is 18.4. The molecule has 0 bridgehead atoms. The van der Waals surface area contributed by atoms with Crippen LogP contribution in [0.15, 0.2) is 24.3 Å². The maximum absolute atomic E-state index is 12.4. The number of nitrogens with one attached hydrogen (secondary N) is 1. The first-order valence-corrected chi connectivity index (χ1v) is 8.76. The second-order valence-electron chi connectivity index (χ2n) is 7.40. The third-order valence-electron chi connectivity index (χ3n) is 4.19. The van der Waals surface area contributed by atoms with Gasteiger partial charge in [-0.15, -0.1) is 0 Å². The Morgan fingerprint density at radius 3 is 2.12 bits per heavy atom. The van der Waals surface area contributed by atoms with Crippen molar-refractivity contribution in [1.82, 2.24) is 15.1 Å². The van der Waals surface area contributed by atoms with Gasteiger partial charge in [0.15, 0.2) is 0 Å². The molecule has 1 aliphatic rings. The lowest BCUT2D eigenvalue weighted by Crippen LogP contribution is -2.56. The van der Waals surface area contributed by atoms with Gasteiger partial charge < -0.3 is 19.9 Å². The van der Waals surface area contributed by atoms with Crippen LogP contribution in [0.5, 0.6) is 5.75 Å². The highest BCUT2D eigenvalue weighted by Gasteiger charge is 2.25. The molecular formula is C19H29N3O3. The molecule has 2 rings (SSSR count). The van der Waals surface area contributed by atoms with Gasteiger partial charge in [-0.1, -0.05) is 12.1 Å². The van der Waals surface area contributed by atoms with E-state index in [1.807, 2.05) is 49.9 Å². The van der Waals surface area contributed by atoms with E-state index in [0.29, 0.717) is 39.0 Å². The van der Waals surface area contributed by atoms with Crippen molar-refractivity contribution in [1.29, 1.82) is 0 Å². The van der Waals surface area contributed by atoms with Gasteiger partial charge in [0.05, 0.1) is 7.11 Å². The first kappa shape index (κ1) is 19.1. The van der Waals surface area contributed by atoms with E-state index in [2.05, 4.69) is 5.32 Å². The number of carbonyl (C=O) groups is 2. The van der Waals surface area contributed by atoms with Crippen LogP contribution in [-0.4, -0.2) is 60.6 Å². The number of benzene rings is 1. The number of piperazine rings is 1. The summed E-state index contributed by atoms with van der Waals surface area (Å²) in [5.41, 5.74) is 0.875. The van der Waals surface area contributed by atoms with E-state index in [1.54, 1.807) is 12.0 Å². The maximum Gasteiger partial charge on any atom is 0.317 e. The molecule has 1 N–H and O–H groups in total. The van der Waals surface area contributed by atoms with E-state index in [4.69, 9.17) is 4.74 Å². The number of amides is 3. The molecule has 1 heterocycles. The van der Waals surface area contributed by atoms with E-state index >= 15 is 0 Å². The van der Waals surface area contributed by atoms with Crippen LogP contribution in [0, 0.1) is 0 Å². The minimum absolute atomic E-state index is 0.0576. The number of hydrogen-bond donors (Lipinski definition) is 1. The van der Waals surface area contributed by atoms with Crippen LogP contribution in [0.3, 0.4) is 0 Å². The van der Waals surface area contributed by atoms with Crippen molar-refractivity contribution >= 4 is 11.9 Å². The van der Waals surface area contributed by atoms with Crippen LogP contribution in [0.4, 0.5) is 4.79 Å². The van der Waals surface area contributed by atoms with Crippen molar-refractivity contribution in [2.75, 3.05) is 33.3 Å². The Morgan fingerprint density at radius 1 is 1.04 bits per heavy atom. The third-order valence-corrected chi connectivity index (χ3v) is 4.19. The van der Waals surface area contributed by atoms with Gasteiger partial charge in [0.2, 0.25) is 5.91 Å². The average molecular weight is 347 g/mol. The molecule has 25 heavy (non-hydrogen) atoms. The summed E-state index contributed by atoms with van der Waals surface area (Å²) in [5.74, 6) is 0.964. The minimum Gasteiger partial charge on any atom is -0.497 e. The van der Waals surface area contributed by atoms with Gasteiger partial charge in [-0.3, -0.25) is 4.79 Å². The van der Waals surface area contributed by atoms with E-state index in [9.17, 15) is 9.59 Å². The number of carbonyl (C=O) groups excluding carboxylic acids is 2. The summed E-state index contributed by atoms with van der Waals surface area (Å²) in [6, 6.07) is 7.73. The number of nitrogens with zero attached hydrogens (tertiary/aromatic N) is 2. The third kappa shape index (κ3) is 5.96. The smallest absolute Gasteiger partial charge is 0.317 e. The van der Waals surface area contributed by atoms with Gasteiger partial charge in [0.25, 0.3) is 0 Å². The van der Waals surface area contributed by atoms with Crippen LogP contribution in [0.1, 0.15) is 32.8 Å². The first-order valence-electron chi connectivity index (χ1n) is 8.76. The minimum atomic E-state index is -0.248. The molecule has 1 fully saturated rings. The van der Waals surface area contributed by atoms with Crippen LogP contribution in [-0.2, 0) is 11.2 Å². The first-order chi connectivity index (χ1) is 11.8. The molecule has 0 aromatic heterocycles. The van der Waals surface area contributed by atoms with Crippen molar-refractivity contribution in [3.8, 4) is 5.75 Å². The summed E-state index contributed by atoms with van der Waals surface area (Å²) in [5, 5.41) is 2.96.